The molecule has 0 aliphatic heterocycles. The normalized spacial score (nSPS) is 16.1. The van der Waals surface area contributed by atoms with Gasteiger partial charge in [-0.25, -0.2) is 4.79 Å². The van der Waals surface area contributed by atoms with Gasteiger partial charge in [-0.1, -0.05) is 34.1 Å². The molecule has 5 atom stereocenters. The average Bonchev–Trinajstić information content (AvgIpc) is 2.70. The topological polar surface area (TPSA) is 171 Å². The SMILES string of the molecule is CCC(C)C(N)C(=O)NC(CO)C(=O)NC(C(=O)NC(CCSC)C(=O)O)C(C)C. The predicted molar refractivity (Wildman–Crippen MR) is 116 cm³/mol. The molecule has 0 rings (SSSR count). The van der Waals surface area contributed by atoms with Gasteiger partial charge in [-0.15, -0.1) is 0 Å². The Balaban J connectivity index is 5.16. The van der Waals surface area contributed by atoms with Gasteiger partial charge < -0.3 is 31.9 Å². The molecule has 10 nitrogen and oxygen atoms in total. The molecule has 0 bridgehead atoms. The third-order valence-corrected chi connectivity index (χ3v) is 5.49. The van der Waals surface area contributed by atoms with E-state index in [1.54, 1.807) is 20.8 Å². The molecule has 3 amide bonds. The van der Waals surface area contributed by atoms with E-state index in [-0.39, 0.29) is 18.3 Å². The number of amides is 3. The summed E-state index contributed by atoms with van der Waals surface area (Å²) in [7, 11) is 0. The zero-order valence-corrected chi connectivity index (χ0v) is 19.1. The lowest BCUT2D eigenvalue weighted by Gasteiger charge is -2.27. The minimum absolute atomic E-state index is 0.115. The van der Waals surface area contributed by atoms with Crippen LogP contribution in [0, 0.1) is 11.8 Å². The van der Waals surface area contributed by atoms with Crippen molar-refractivity contribution in [3.63, 3.8) is 0 Å². The molecule has 0 aromatic heterocycles. The maximum Gasteiger partial charge on any atom is 0.326 e. The highest BCUT2D eigenvalue weighted by Gasteiger charge is 2.32. The van der Waals surface area contributed by atoms with E-state index >= 15 is 0 Å². The number of thioether (sulfide) groups is 1. The molecule has 0 saturated heterocycles. The number of hydrogen-bond acceptors (Lipinski definition) is 7. The predicted octanol–water partition coefficient (Wildman–Crippen LogP) is -0.700. The molecule has 0 spiro atoms. The Hall–Kier alpha value is -1.85. The molecule has 0 heterocycles. The number of carboxylic acid groups (broad SMARTS) is 1. The number of aliphatic hydroxyl groups is 1. The number of carbonyl (C=O) groups excluding carboxylic acids is 3. The molecule has 0 aliphatic rings. The molecule has 0 fully saturated rings. The number of carboxylic acids is 1. The average molecular weight is 449 g/mol. The highest BCUT2D eigenvalue weighted by atomic mass is 32.2. The van der Waals surface area contributed by atoms with E-state index in [4.69, 9.17) is 5.73 Å². The van der Waals surface area contributed by atoms with Crippen LogP contribution in [0.1, 0.15) is 40.5 Å². The van der Waals surface area contributed by atoms with Crippen molar-refractivity contribution in [1.29, 1.82) is 0 Å². The molecule has 0 aromatic rings. The first-order valence-corrected chi connectivity index (χ1v) is 11.4. The van der Waals surface area contributed by atoms with E-state index in [9.17, 15) is 29.4 Å². The van der Waals surface area contributed by atoms with Gasteiger partial charge in [0.25, 0.3) is 0 Å². The van der Waals surface area contributed by atoms with Gasteiger partial charge in [0.05, 0.1) is 12.6 Å². The van der Waals surface area contributed by atoms with Crippen LogP contribution in [0.4, 0.5) is 0 Å². The molecule has 0 aliphatic carbocycles. The zero-order chi connectivity index (χ0) is 23.4. The quantitative estimate of drug-likeness (QED) is 0.202. The summed E-state index contributed by atoms with van der Waals surface area (Å²) >= 11 is 1.46. The van der Waals surface area contributed by atoms with E-state index in [1.807, 2.05) is 13.2 Å². The molecule has 0 radical (unpaired) electrons. The Kier molecular flexibility index (Phi) is 13.3. The van der Waals surface area contributed by atoms with E-state index in [2.05, 4.69) is 16.0 Å². The van der Waals surface area contributed by atoms with Gasteiger partial charge in [0.2, 0.25) is 17.7 Å². The third-order valence-electron chi connectivity index (χ3n) is 4.85. The van der Waals surface area contributed by atoms with Crippen LogP contribution in [0.25, 0.3) is 0 Å². The Morgan fingerprint density at radius 2 is 1.53 bits per heavy atom. The van der Waals surface area contributed by atoms with Crippen molar-refractivity contribution >= 4 is 35.5 Å². The first kappa shape index (κ1) is 28.1. The smallest absolute Gasteiger partial charge is 0.326 e. The van der Waals surface area contributed by atoms with Crippen LogP contribution >= 0.6 is 11.8 Å². The Morgan fingerprint density at radius 3 is 1.97 bits per heavy atom. The second-order valence-electron chi connectivity index (χ2n) is 7.57. The van der Waals surface area contributed by atoms with Crippen LogP contribution in [-0.4, -0.2) is 76.7 Å². The van der Waals surface area contributed by atoms with Crippen LogP contribution in [0.3, 0.4) is 0 Å². The van der Waals surface area contributed by atoms with Crippen molar-refractivity contribution in [1.82, 2.24) is 16.0 Å². The first-order chi connectivity index (χ1) is 14.0. The zero-order valence-electron chi connectivity index (χ0n) is 18.3. The fraction of sp³-hybridized carbons (Fsp3) is 0.789. The summed E-state index contributed by atoms with van der Waals surface area (Å²) in [5, 5.41) is 26.1. The summed E-state index contributed by atoms with van der Waals surface area (Å²) in [4.78, 5) is 48.7. The second-order valence-corrected chi connectivity index (χ2v) is 8.55. The van der Waals surface area contributed by atoms with Crippen molar-refractivity contribution in [2.75, 3.05) is 18.6 Å². The van der Waals surface area contributed by atoms with Gasteiger partial charge in [0, 0.05) is 0 Å². The van der Waals surface area contributed by atoms with Gasteiger partial charge in [0.1, 0.15) is 18.1 Å². The maximum absolute atomic E-state index is 12.6. The van der Waals surface area contributed by atoms with Gasteiger partial charge >= 0.3 is 5.97 Å². The van der Waals surface area contributed by atoms with Crippen molar-refractivity contribution in [2.24, 2.45) is 17.6 Å². The highest BCUT2D eigenvalue weighted by Crippen LogP contribution is 2.08. The van der Waals surface area contributed by atoms with Crippen molar-refractivity contribution in [3.05, 3.63) is 0 Å². The maximum atomic E-state index is 12.6. The minimum Gasteiger partial charge on any atom is -0.480 e. The molecule has 11 heteroatoms. The lowest BCUT2D eigenvalue weighted by Crippen LogP contribution is -2.59. The van der Waals surface area contributed by atoms with Crippen molar-refractivity contribution < 1.29 is 29.4 Å². The minimum atomic E-state index is -1.28. The number of nitrogens with one attached hydrogen (secondary N) is 3. The summed E-state index contributed by atoms with van der Waals surface area (Å²) in [5.41, 5.74) is 5.85. The fourth-order valence-electron chi connectivity index (χ4n) is 2.52. The number of nitrogens with two attached hydrogens (primary N) is 1. The lowest BCUT2D eigenvalue weighted by atomic mass is 9.99. The Morgan fingerprint density at radius 1 is 0.967 bits per heavy atom. The second kappa shape index (κ2) is 14.2. The van der Waals surface area contributed by atoms with Crippen LogP contribution in [0.5, 0.6) is 0 Å². The standard InChI is InChI=1S/C19H36N4O6S/c1-6-11(4)14(20)17(26)22-13(9-24)16(25)23-15(10(2)3)18(27)21-12(19(28)29)7-8-30-5/h10-15,24H,6-9,20H2,1-5H3,(H,21,27)(H,22,26)(H,23,25)(H,28,29). The van der Waals surface area contributed by atoms with Crippen molar-refractivity contribution in [2.45, 2.75) is 64.7 Å². The first-order valence-electron chi connectivity index (χ1n) is 9.99. The van der Waals surface area contributed by atoms with Crippen LogP contribution in [0.2, 0.25) is 0 Å². The van der Waals surface area contributed by atoms with E-state index in [1.165, 1.54) is 11.8 Å². The van der Waals surface area contributed by atoms with Gasteiger partial charge in [-0.3, -0.25) is 14.4 Å². The number of rotatable bonds is 14. The number of carbonyl (C=O) groups is 4. The van der Waals surface area contributed by atoms with Crippen LogP contribution in [-0.2, 0) is 19.2 Å². The molecule has 174 valence electrons. The number of aliphatic carboxylic acids is 1. The number of aliphatic hydroxyl groups excluding tert-OH is 1. The molecular formula is C19H36N4O6S. The van der Waals surface area contributed by atoms with Crippen LogP contribution in [0.15, 0.2) is 0 Å². The third kappa shape index (κ3) is 9.31. The summed E-state index contributed by atoms with van der Waals surface area (Å²) in [6.07, 6.45) is 2.74. The molecular weight excluding hydrogens is 412 g/mol. The monoisotopic (exact) mass is 448 g/mol. The van der Waals surface area contributed by atoms with E-state index < -0.39 is 54.5 Å². The summed E-state index contributed by atoms with van der Waals surface area (Å²) in [5.74, 6) is -3.07. The van der Waals surface area contributed by atoms with Gasteiger partial charge in [0.15, 0.2) is 0 Å². The van der Waals surface area contributed by atoms with Crippen LogP contribution < -0.4 is 21.7 Å². The summed E-state index contributed by atoms with van der Waals surface area (Å²) in [6, 6.07) is -4.24. The Bertz CT molecular complexity index is 589. The fourth-order valence-corrected chi connectivity index (χ4v) is 2.99. The van der Waals surface area contributed by atoms with Gasteiger partial charge in [-0.05, 0) is 30.3 Å². The van der Waals surface area contributed by atoms with E-state index in [0.29, 0.717) is 12.2 Å². The lowest BCUT2D eigenvalue weighted by molar-refractivity contribution is -0.142. The molecule has 30 heavy (non-hydrogen) atoms. The van der Waals surface area contributed by atoms with E-state index in [0.717, 1.165) is 0 Å². The Labute approximate surface area is 182 Å². The summed E-state index contributed by atoms with van der Waals surface area (Å²) in [6.45, 7) is 6.38. The largest absolute Gasteiger partial charge is 0.480 e. The molecule has 0 aromatic carbocycles. The number of hydrogen-bond donors (Lipinski definition) is 6. The van der Waals surface area contributed by atoms with Gasteiger partial charge in [-0.2, -0.15) is 11.8 Å². The molecule has 0 saturated carbocycles. The van der Waals surface area contributed by atoms with Crippen molar-refractivity contribution in [3.8, 4) is 0 Å². The highest BCUT2D eigenvalue weighted by molar-refractivity contribution is 7.98. The summed E-state index contributed by atoms with van der Waals surface area (Å²) < 4.78 is 0. The molecule has 5 unspecified atom stereocenters. The molecule has 7 N–H and O–H groups in total.